The number of aliphatic hydroxyl groups is 4. The molecule has 2 unspecified atom stereocenters. The van der Waals surface area contributed by atoms with E-state index < -0.39 is 24.4 Å². The van der Waals surface area contributed by atoms with Crippen molar-refractivity contribution in [2.75, 3.05) is 23.0 Å². The van der Waals surface area contributed by atoms with Gasteiger partial charge in [0.25, 0.3) is 0 Å². The Kier molecular flexibility index (Phi) is 15.5. The minimum Gasteiger partial charge on any atom is -0.390 e. The molecule has 0 aliphatic rings. The van der Waals surface area contributed by atoms with E-state index in [-0.39, 0.29) is 23.0 Å². The van der Waals surface area contributed by atoms with E-state index in [9.17, 15) is 0 Å². The van der Waals surface area contributed by atoms with Gasteiger partial charge in [0.15, 0.2) is 0 Å². The molecule has 8 heteroatoms. The van der Waals surface area contributed by atoms with Crippen molar-refractivity contribution in [2.24, 2.45) is 0 Å². The van der Waals surface area contributed by atoms with Crippen LogP contribution in [-0.4, -0.2) is 67.9 Å². The van der Waals surface area contributed by atoms with Gasteiger partial charge in [0, 0.05) is 23.0 Å². The second-order valence-electron chi connectivity index (χ2n) is 3.00. The van der Waals surface area contributed by atoms with Crippen molar-refractivity contribution in [1.82, 2.24) is 0 Å². The molecule has 0 bridgehead atoms. The first-order valence-corrected chi connectivity index (χ1v) is 7.13. The quantitative estimate of drug-likeness (QED) is 0.307. The fraction of sp³-hybridized carbons (Fsp3) is 1.00. The summed E-state index contributed by atoms with van der Waals surface area (Å²) in [7, 11) is 0. The largest absolute Gasteiger partial charge is 0.390 e. The van der Waals surface area contributed by atoms with E-state index >= 15 is 0 Å². The first kappa shape index (κ1) is 19.6. The summed E-state index contributed by atoms with van der Waals surface area (Å²) in [6, 6.07) is 0. The first-order chi connectivity index (χ1) is 7.44. The number of thiol groups is 4. The van der Waals surface area contributed by atoms with Gasteiger partial charge in [0.05, 0.1) is 24.4 Å². The minimum absolute atomic E-state index is 0.279. The molecule has 0 saturated heterocycles. The summed E-state index contributed by atoms with van der Waals surface area (Å²) in [6.07, 6.45) is -2.96. The lowest BCUT2D eigenvalue weighted by molar-refractivity contribution is 0.0504. The number of aliphatic hydroxyl groups excluding tert-OH is 4. The third-order valence-corrected chi connectivity index (χ3v) is 3.13. The molecule has 0 heterocycles. The predicted molar refractivity (Wildman–Crippen MR) is 79.4 cm³/mol. The van der Waals surface area contributed by atoms with Gasteiger partial charge in [-0.3, -0.25) is 0 Å². The maximum absolute atomic E-state index is 8.75. The van der Waals surface area contributed by atoms with Crippen LogP contribution in [0, 0.1) is 0 Å². The van der Waals surface area contributed by atoms with Crippen LogP contribution < -0.4 is 0 Å². The van der Waals surface area contributed by atoms with E-state index in [0.29, 0.717) is 0 Å². The summed E-state index contributed by atoms with van der Waals surface area (Å²) < 4.78 is 0. The van der Waals surface area contributed by atoms with Gasteiger partial charge >= 0.3 is 0 Å². The number of hydrogen-bond acceptors (Lipinski definition) is 8. The van der Waals surface area contributed by atoms with Gasteiger partial charge in [-0.15, -0.1) is 0 Å². The average Bonchev–Trinajstić information content (AvgIpc) is 2.35. The van der Waals surface area contributed by atoms with Crippen LogP contribution in [0.4, 0.5) is 0 Å². The molecule has 0 rings (SSSR count). The molecule has 16 heavy (non-hydrogen) atoms. The number of rotatable bonds is 6. The Morgan fingerprint density at radius 2 is 0.625 bits per heavy atom. The van der Waals surface area contributed by atoms with Crippen LogP contribution in [0.15, 0.2) is 0 Å². The normalized spacial score (nSPS) is 18.0. The standard InChI is InChI=1S/2C4H10O2S2/c2*5-3(1-7)4(6)2-8/h2*3-8H,1-2H2/t3-,4-;/m1./s1. The van der Waals surface area contributed by atoms with Gasteiger partial charge in [-0.05, 0) is 0 Å². The van der Waals surface area contributed by atoms with Crippen molar-refractivity contribution < 1.29 is 20.4 Å². The molecule has 0 aromatic heterocycles. The average molecular weight is 309 g/mol. The van der Waals surface area contributed by atoms with Crippen molar-refractivity contribution in [2.45, 2.75) is 24.4 Å². The van der Waals surface area contributed by atoms with Gasteiger partial charge in [-0.25, -0.2) is 0 Å². The second-order valence-corrected chi connectivity index (χ2v) is 4.46. The molecule has 4 N–H and O–H groups in total. The van der Waals surface area contributed by atoms with Crippen molar-refractivity contribution in [3.63, 3.8) is 0 Å². The zero-order valence-corrected chi connectivity index (χ0v) is 12.3. The molecule has 0 aliphatic heterocycles. The van der Waals surface area contributed by atoms with Crippen molar-refractivity contribution in [3.8, 4) is 0 Å². The third kappa shape index (κ3) is 10.4. The molecule has 0 aromatic rings. The molecule has 100 valence electrons. The summed E-state index contributed by atoms with van der Waals surface area (Å²) in [4.78, 5) is 0. The summed E-state index contributed by atoms with van der Waals surface area (Å²) in [6.45, 7) is 0. The van der Waals surface area contributed by atoms with Crippen LogP contribution in [0.25, 0.3) is 0 Å². The highest BCUT2D eigenvalue weighted by molar-refractivity contribution is 7.80. The fourth-order valence-electron chi connectivity index (χ4n) is 0.487. The van der Waals surface area contributed by atoms with E-state index in [1.807, 2.05) is 0 Å². The monoisotopic (exact) mass is 308 g/mol. The molecule has 0 radical (unpaired) electrons. The smallest absolute Gasteiger partial charge is 0.0894 e. The second kappa shape index (κ2) is 12.7. The van der Waals surface area contributed by atoms with E-state index in [1.54, 1.807) is 0 Å². The van der Waals surface area contributed by atoms with Gasteiger partial charge in [-0.2, -0.15) is 50.5 Å². The van der Waals surface area contributed by atoms with E-state index in [1.165, 1.54) is 0 Å². The fourth-order valence-corrected chi connectivity index (χ4v) is 1.46. The Morgan fingerprint density at radius 3 is 0.688 bits per heavy atom. The zero-order valence-electron chi connectivity index (χ0n) is 8.72. The maximum atomic E-state index is 8.75. The molecule has 4 atom stereocenters. The van der Waals surface area contributed by atoms with E-state index in [0.717, 1.165) is 0 Å². The Labute approximate surface area is 118 Å². The van der Waals surface area contributed by atoms with Crippen LogP contribution in [0.2, 0.25) is 0 Å². The third-order valence-electron chi connectivity index (χ3n) is 1.64. The molecule has 0 fully saturated rings. The summed E-state index contributed by atoms with van der Waals surface area (Å²) in [5.41, 5.74) is 0. The topological polar surface area (TPSA) is 80.9 Å². The summed E-state index contributed by atoms with van der Waals surface area (Å²) >= 11 is 15.1. The molecule has 0 aliphatic carbocycles. The van der Waals surface area contributed by atoms with Crippen LogP contribution in [0.5, 0.6) is 0 Å². The Balaban J connectivity index is 0. The van der Waals surface area contributed by atoms with Crippen molar-refractivity contribution in [1.29, 1.82) is 0 Å². The van der Waals surface area contributed by atoms with Crippen molar-refractivity contribution >= 4 is 50.5 Å². The van der Waals surface area contributed by atoms with Crippen LogP contribution in [0.1, 0.15) is 0 Å². The van der Waals surface area contributed by atoms with Crippen LogP contribution >= 0.6 is 50.5 Å². The van der Waals surface area contributed by atoms with E-state index in [2.05, 4.69) is 50.5 Å². The lowest BCUT2D eigenvalue weighted by atomic mass is 10.3. The van der Waals surface area contributed by atoms with Gasteiger partial charge in [-0.1, -0.05) is 0 Å². The summed E-state index contributed by atoms with van der Waals surface area (Å²) in [5, 5.41) is 35.0. The van der Waals surface area contributed by atoms with Crippen molar-refractivity contribution in [3.05, 3.63) is 0 Å². The molecular weight excluding hydrogens is 288 g/mol. The Morgan fingerprint density at radius 1 is 0.500 bits per heavy atom. The number of hydrogen-bond donors (Lipinski definition) is 8. The van der Waals surface area contributed by atoms with E-state index in [4.69, 9.17) is 20.4 Å². The molecule has 0 spiro atoms. The molecule has 0 saturated carbocycles. The predicted octanol–water partition coefficient (Wildman–Crippen LogP) is -0.864. The first-order valence-electron chi connectivity index (χ1n) is 4.60. The maximum Gasteiger partial charge on any atom is 0.0894 e. The highest BCUT2D eigenvalue weighted by Crippen LogP contribution is 1.97. The summed E-state index contributed by atoms with van der Waals surface area (Å²) in [5.74, 6) is 1.12. The lowest BCUT2D eigenvalue weighted by Gasteiger charge is -2.11. The highest BCUT2D eigenvalue weighted by atomic mass is 32.1. The lowest BCUT2D eigenvalue weighted by Crippen LogP contribution is -2.28. The van der Waals surface area contributed by atoms with Gasteiger partial charge < -0.3 is 20.4 Å². The minimum atomic E-state index is -0.740. The molecule has 4 nitrogen and oxygen atoms in total. The zero-order chi connectivity index (χ0) is 13.1. The Bertz CT molecular complexity index is 120. The molecule has 0 aromatic carbocycles. The van der Waals surface area contributed by atoms with Gasteiger partial charge in [0.1, 0.15) is 0 Å². The SMILES string of the molecule is OC(CS)C(O)CS.O[C@H](CS)[C@H](O)CS. The molecular formula is C8H20O4S4. The van der Waals surface area contributed by atoms with Crippen LogP contribution in [-0.2, 0) is 0 Å². The molecule has 0 amide bonds. The van der Waals surface area contributed by atoms with Crippen LogP contribution in [0.3, 0.4) is 0 Å². The Hall–Kier alpha value is 1.24. The van der Waals surface area contributed by atoms with Gasteiger partial charge in [0.2, 0.25) is 0 Å². The highest BCUT2D eigenvalue weighted by Gasteiger charge is 2.11.